The molecule has 0 bridgehead atoms. The van der Waals surface area contributed by atoms with E-state index in [9.17, 15) is 20.4 Å². The highest BCUT2D eigenvalue weighted by atomic mass is 35.5. The molecule has 4 unspecified atom stereocenters. The summed E-state index contributed by atoms with van der Waals surface area (Å²) in [6.45, 7) is 5.72. The molecule has 13 heteroatoms. The summed E-state index contributed by atoms with van der Waals surface area (Å²) in [7, 11) is 0. The Bertz CT molecular complexity index is 460. The molecule has 0 spiro atoms. The zero-order valence-corrected chi connectivity index (χ0v) is 25.0. The van der Waals surface area contributed by atoms with E-state index in [-0.39, 0.29) is 89.6 Å². The summed E-state index contributed by atoms with van der Waals surface area (Å²) in [4.78, 5) is 0. The molecule has 0 heterocycles. The molecule has 4 atom stereocenters. The number of rotatable bonds is 26. The van der Waals surface area contributed by atoms with E-state index in [4.69, 9.17) is 70.1 Å². The Balaban J connectivity index is 5.34. The van der Waals surface area contributed by atoms with Crippen molar-refractivity contribution < 1.29 is 44.1 Å². The first-order chi connectivity index (χ1) is 17.6. The third-order valence-corrected chi connectivity index (χ3v) is 7.33. The van der Waals surface area contributed by atoms with E-state index in [0.717, 1.165) is 0 Å². The van der Waals surface area contributed by atoms with Crippen molar-refractivity contribution in [2.24, 2.45) is 10.8 Å². The molecule has 0 fully saturated rings. The van der Waals surface area contributed by atoms with Gasteiger partial charge in [-0.25, -0.2) is 0 Å². The molecular weight excluding hydrogens is 574 g/mol. The standard InChI is InChI=1S/C24H46Cl4O9/c1-3-23(13-33-9-19(29)5-25,14-34-10-20(30)6-26)17-37-18-24(4-2,15-35-11-21(31)7-27)16-36-12-22(32)8-28/h19-22,29-32H,3-18H2,1-2H3. The van der Waals surface area contributed by atoms with Crippen molar-refractivity contribution in [2.45, 2.75) is 51.1 Å². The molecule has 0 amide bonds. The van der Waals surface area contributed by atoms with Gasteiger partial charge < -0.3 is 44.1 Å². The number of hydrogen-bond donors (Lipinski definition) is 4. The average molecular weight is 620 g/mol. The van der Waals surface area contributed by atoms with Crippen LogP contribution >= 0.6 is 46.4 Å². The summed E-state index contributed by atoms with van der Waals surface area (Å²) in [5, 5.41) is 39.0. The van der Waals surface area contributed by atoms with Gasteiger partial charge in [0.2, 0.25) is 0 Å². The highest BCUT2D eigenvalue weighted by Crippen LogP contribution is 2.29. The Morgan fingerprint density at radius 1 is 0.459 bits per heavy atom. The summed E-state index contributed by atoms with van der Waals surface area (Å²) in [6.07, 6.45) is -1.88. The normalized spacial score (nSPS) is 18.6. The maximum Gasteiger partial charge on any atom is 0.0908 e. The summed E-state index contributed by atoms with van der Waals surface area (Å²) in [5.41, 5.74) is -1.13. The number of halogens is 4. The van der Waals surface area contributed by atoms with E-state index in [1.165, 1.54) is 0 Å². The molecule has 4 N–H and O–H groups in total. The van der Waals surface area contributed by atoms with E-state index in [0.29, 0.717) is 12.8 Å². The van der Waals surface area contributed by atoms with Gasteiger partial charge >= 0.3 is 0 Å². The van der Waals surface area contributed by atoms with Gasteiger partial charge in [-0.05, 0) is 12.8 Å². The minimum Gasteiger partial charge on any atom is -0.389 e. The monoisotopic (exact) mass is 618 g/mol. The maximum absolute atomic E-state index is 9.75. The third-order valence-electron chi connectivity index (χ3n) is 5.90. The smallest absolute Gasteiger partial charge is 0.0908 e. The largest absolute Gasteiger partial charge is 0.389 e. The lowest BCUT2D eigenvalue weighted by Crippen LogP contribution is -2.42. The molecule has 0 aliphatic heterocycles. The lowest BCUT2D eigenvalue weighted by molar-refractivity contribution is -0.123. The molecule has 0 aromatic carbocycles. The van der Waals surface area contributed by atoms with E-state index in [1.54, 1.807) is 0 Å². The van der Waals surface area contributed by atoms with Crippen LogP contribution in [-0.2, 0) is 23.7 Å². The average Bonchev–Trinajstić information content (AvgIpc) is 2.91. The molecule has 0 aromatic heterocycles. The second-order valence-electron chi connectivity index (χ2n) is 9.49. The van der Waals surface area contributed by atoms with Crippen LogP contribution in [0.25, 0.3) is 0 Å². The van der Waals surface area contributed by atoms with Crippen LogP contribution in [0.5, 0.6) is 0 Å². The van der Waals surface area contributed by atoms with Crippen LogP contribution in [0.2, 0.25) is 0 Å². The third kappa shape index (κ3) is 17.3. The van der Waals surface area contributed by atoms with Gasteiger partial charge in [0.1, 0.15) is 0 Å². The fourth-order valence-corrected chi connectivity index (χ4v) is 3.53. The molecule has 0 saturated heterocycles. The van der Waals surface area contributed by atoms with Crippen LogP contribution in [0.4, 0.5) is 0 Å². The van der Waals surface area contributed by atoms with Crippen molar-refractivity contribution in [3.63, 3.8) is 0 Å². The summed E-state index contributed by atoms with van der Waals surface area (Å²) >= 11 is 22.7. The molecule has 0 radical (unpaired) electrons. The topological polar surface area (TPSA) is 127 Å². The minimum absolute atomic E-state index is 0.0594. The molecule has 0 aliphatic carbocycles. The number of aliphatic hydroxyl groups excluding tert-OH is 4. The fraction of sp³-hybridized carbons (Fsp3) is 1.00. The second kappa shape index (κ2) is 22.5. The highest BCUT2D eigenvalue weighted by molar-refractivity contribution is 6.18. The Kier molecular flexibility index (Phi) is 23.0. The first-order valence-corrected chi connectivity index (χ1v) is 14.6. The van der Waals surface area contributed by atoms with Gasteiger partial charge in [-0.2, -0.15) is 0 Å². The Labute approximate surface area is 241 Å². The molecule has 0 rings (SSSR count). The van der Waals surface area contributed by atoms with E-state index < -0.39 is 35.2 Å². The Morgan fingerprint density at radius 3 is 0.865 bits per heavy atom. The van der Waals surface area contributed by atoms with Crippen molar-refractivity contribution in [3.05, 3.63) is 0 Å². The molecule has 0 saturated carbocycles. The first-order valence-electron chi connectivity index (χ1n) is 12.5. The quantitative estimate of drug-likeness (QED) is 0.108. The van der Waals surface area contributed by atoms with Gasteiger partial charge in [-0.3, -0.25) is 0 Å². The van der Waals surface area contributed by atoms with Gasteiger partial charge in [0.15, 0.2) is 0 Å². The van der Waals surface area contributed by atoms with Crippen molar-refractivity contribution in [1.29, 1.82) is 0 Å². The molecule has 0 aromatic rings. The van der Waals surface area contributed by atoms with Gasteiger partial charge in [0.05, 0.1) is 114 Å². The van der Waals surface area contributed by atoms with Crippen molar-refractivity contribution in [2.75, 3.05) is 89.6 Å². The minimum atomic E-state index is -0.787. The van der Waals surface area contributed by atoms with Crippen LogP contribution in [0.3, 0.4) is 0 Å². The number of hydrogen-bond acceptors (Lipinski definition) is 9. The molecular formula is C24H46Cl4O9. The van der Waals surface area contributed by atoms with Crippen molar-refractivity contribution in [1.82, 2.24) is 0 Å². The van der Waals surface area contributed by atoms with Crippen LogP contribution in [-0.4, -0.2) is 134 Å². The SMILES string of the molecule is CCC(COCC(O)CCl)(COCC(O)CCl)COCC(CC)(COCC(O)CCl)COCC(O)CCl. The van der Waals surface area contributed by atoms with E-state index >= 15 is 0 Å². The van der Waals surface area contributed by atoms with Crippen molar-refractivity contribution in [3.8, 4) is 0 Å². The van der Waals surface area contributed by atoms with Crippen LogP contribution < -0.4 is 0 Å². The maximum atomic E-state index is 9.75. The van der Waals surface area contributed by atoms with Crippen LogP contribution in [0.15, 0.2) is 0 Å². The van der Waals surface area contributed by atoms with Gasteiger partial charge in [-0.15, -0.1) is 46.4 Å². The number of alkyl halides is 4. The van der Waals surface area contributed by atoms with Crippen molar-refractivity contribution >= 4 is 46.4 Å². The predicted molar refractivity (Wildman–Crippen MR) is 146 cm³/mol. The Hall–Kier alpha value is 0.800. The number of ether oxygens (including phenoxy) is 5. The van der Waals surface area contributed by atoms with Gasteiger partial charge in [0.25, 0.3) is 0 Å². The predicted octanol–water partition coefficient (Wildman–Crippen LogP) is 2.26. The molecule has 0 aliphatic rings. The molecule has 224 valence electrons. The summed E-state index contributed by atoms with van der Waals surface area (Å²) in [5.74, 6) is 0.238. The van der Waals surface area contributed by atoms with Gasteiger partial charge in [-0.1, -0.05) is 13.8 Å². The molecule has 37 heavy (non-hydrogen) atoms. The lowest BCUT2D eigenvalue weighted by atomic mass is 9.86. The second-order valence-corrected chi connectivity index (χ2v) is 10.7. The van der Waals surface area contributed by atoms with Crippen LogP contribution in [0, 0.1) is 10.8 Å². The van der Waals surface area contributed by atoms with Crippen LogP contribution in [0.1, 0.15) is 26.7 Å². The zero-order chi connectivity index (χ0) is 28.2. The zero-order valence-electron chi connectivity index (χ0n) is 22.0. The highest BCUT2D eigenvalue weighted by Gasteiger charge is 2.34. The molecule has 9 nitrogen and oxygen atoms in total. The summed E-state index contributed by atoms with van der Waals surface area (Å²) < 4.78 is 29.1. The van der Waals surface area contributed by atoms with Gasteiger partial charge in [0, 0.05) is 10.8 Å². The van der Waals surface area contributed by atoms with E-state index in [1.807, 2.05) is 13.8 Å². The summed E-state index contributed by atoms with van der Waals surface area (Å²) in [6, 6.07) is 0. The number of aliphatic hydroxyl groups is 4. The fourth-order valence-electron chi connectivity index (χ4n) is 3.17. The Morgan fingerprint density at radius 2 is 0.676 bits per heavy atom. The lowest BCUT2D eigenvalue weighted by Gasteiger charge is -2.36. The van der Waals surface area contributed by atoms with E-state index in [2.05, 4.69) is 0 Å². The first kappa shape index (κ1) is 37.8.